The average molecular weight is 288 g/mol. The van der Waals surface area contributed by atoms with Gasteiger partial charge in [0.25, 0.3) is 0 Å². The van der Waals surface area contributed by atoms with Crippen molar-refractivity contribution in [3.8, 4) is 11.5 Å². The Balaban J connectivity index is 1.34. The second kappa shape index (κ2) is 5.22. The highest BCUT2D eigenvalue weighted by Crippen LogP contribution is 2.37. The molecule has 0 bridgehead atoms. The molecule has 0 aromatic heterocycles. The van der Waals surface area contributed by atoms with Crippen molar-refractivity contribution in [1.29, 1.82) is 0 Å². The molecule has 1 aromatic carbocycles. The van der Waals surface area contributed by atoms with E-state index in [2.05, 4.69) is 10.2 Å². The summed E-state index contributed by atoms with van der Waals surface area (Å²) >= 11 is 0. The molecule has 2 heterocycles. The lowest BCUT2D eigenvalue weighted by molar-refractivity contribution is -0.117. The number of fused-ring (bicyclic) bond motifs is 2. The number of rotatable bonds is 3. The SMILES string of the molecule is O=C(CN1CC2CCCC2C1)Nc1ccc2c(c1)OCO2. The quantitative estimate of drug-likeness (QED) is 0.925. The van der Waals surface area contributed by atoms with Crippen LogP contribution < -0.4 is 14.8 Å². The van der Waals surface area contributed by atoms with Gasteiger partial charge < -0.3 is 14.8 Å². The molecule has 21 heavy (non-hydrogen) atoms. The van der Waals surface area contributed by atoms with Crippen molar-refractivity contribution >= 4 is 11.6 Å². The molecule has 5 nitrogen and oxygen atoms in total. The molecular formula is C16H20N2O3. The van der Waals surface area contributed by atoms with Gasteiger partial charge in [0.2, 0.25) is 12.7 Å². The smallest absolute Gasteiger partial charge is 0.238 e. The Labute approximate surface area is 124 Å². The standard InChI is InChI=1S/C16H20N2O3/c19-16(9-18-7-11-2-1-3-12(11)8-18)17-13-4-5-14-15(6-13)21-10-20-14/h4-6,11-12H,1-3,7-10H2,(H,17,19). The largest absolute Gasteiger partial charge is 0.454 e. The summed E-state index contributed by atoms with van der Waals surface area (Å²) in [4.78, 5) is 14.5. The lowest BCUT2D eigenvalue weighted by atomic mass is 10.0. The summed E-state index contributed by atoms with van der Waals surface area (Å²) in [5.74, 6) is 3.13. The van der Waals surface area contributed by atoms with E-state index in [4.69, 9.17) is 9.47 Å². The summed E-state index contributed by atoms with van der Waals surface area (Å²) in [5, 5.41) is 2.95. The maximum atomic E-state index is 12.2. The minimum absolute atomic E-state index is 0.0499. The van der Waals surface area contributed by atoms with Crippen molar-refractivity contribution in [2.45, 2.75) is 19.3 Å². The zero-order valence-corrected chi connectivity index (χ0v) is 12.0. The summed E-state index contributed by atoms with van der Waals surface area (Å²) in [5.41, 5.74) is 0.767. The van der Waals surface area contributed by atoms with Crippen LogP contribution in [-0.2, 0) is 4.79 Å². The number of nitrogens with zero attached hydrogens (tertiary/aromatic N) is 1. The van der Waals surface area contributed by atoms with Gasteiger partial charge in [-0.1, -0.05) is 6.42 Å². The van der Waals surface area contributed by atoms with Gasteiger partial charge in [-0.3, -0.25) is 9.69 Å². The fourth-order valence-electron chi connectivity index (χ4n) is 3.84. The van der Waals surface area contributed by atoms with Crippen LogP contribution in [0, 0.1) is 11.8 Å². The molecule has 2 aliphatic heterocycles. The highest BCUT2D eigenvalue weighted by molar-refractivity contribution is 5.92. The molecule has 112 valence electrons. The van der Waals surface area contributed by atoms with Gasteiger partial charge in [0.15, 0.2) is 11.5 Å². The van der Waals surface area contributed by atoms with Crippen LogP contribution in [0.25, 0.3) is 0 Å². The summed E-state index contributed by atoms with van der Waals surface area (Å²) in [6.07, 6.45) is 4.04. The fourth-order valence-corrected chi connectivity index (χ4v) is 3.84. The van der Waals surface area contributed by atoms with Gasteiger partial charge >= 0.3 is 0 Å². The van der Waals surface area contributed by atoms with Crippen molar-refractivity contribution < 1.29 is 14.3 Å². The zero-order valence-electron chi connectivity index (χ0n) is 12.0. The first-order valence-electron chi connectivity index (χ1n) is 7.70. The Hall–Kier alpha value is -1.75. The molecule has 0 spiro atoms. The molecule has 1 N–H and O–H groups in total. The molecule has 3 aliphatic rings. The first-order chi connectivity index (χ1) is 10.3. The molecule has 0 radical (unpaired) electrons. The van der Waals surface area contributed by atoms with E-state index < -0.39 is 0 Å². The van der Waals surface area contributed by atoms with E-state index in [-0.39, 0.29) is 12.7 Å². The first kappa shape index (κ1) is 13.0. The van der Waals surface area contributed by atoms with Crippen LogP contribution in [-0.4, -0.2) is 37.2 Å². The number of nitrogens with one attached hydrogen (secondary N) is 1. The molecule has 2 atom stereocenters. The topological polar surface area (TPSA) is 50.8 Å². The Bertz CT molecular complexity index is 548. The summed E-state index contributed by atoms with van der Waals surface area (Å²) in [6.45, 7) is 2.91. The average Bonchev–Trinajstić information content (AvgIpc) is 3.12. The van der Waals surface area contributed by atoms with E-state index in [9.17, 15) is 4.79 Å². The van der Waals surface area contributed by atoms with Crippen LogP contribution in [0.4, 0.5) is 5.69 Å². The summed E-state index contributed by atoms with van der Waals surface area (Å²) < 4.78 is 10.6. The number of ether oxygens (including phenoxy) is 2. The summed E-state index contributed by atoms with van der Waals surface area (Å²) in [7, 11) is 0. The Kier molecular flexibility index (Phi) is 3.22. The minimum atomic E-state index is 0.0499. The van der Waals surface area contributed by atoms with Crippen molar-refractivity contribution in [1.82, 2.24) is 4.90 Å². The monoisotopic (exact) mass is 288 g/mol. The van der Waals surface area contributed by atoms with Gasteiger partial charge in [0.05, 0.1) is 6.54 Å². The van der Waals surface area contributed by atoms with Gasteiger partial charge in [0, 0.05) is 24.8 Å². The van der Waals surface area contributed by atoms with E-state index in [0.29, 0.717) is 12.3 Å². The molecule has 2 fully saturated rings. The van der Waals surface area contributed by atoms with Crippen molar-refractivity contribution in [2.75, 3.05) is 31.7 Å². The van der Waals surface area contributed by atoms with Crippen molar-refractivity contribution in [3.63, 3.8) is 0 Å². The lowest BCUT2D eigenvalue weighted by Crippen LogP contribution is -2.32. The highest BCUT2D eigenvalue weighted by atomic mass is 16.7. The predicted octanol–water partition coefficient (Wildman–Crippen LogP) is 2.09. The maximum Gasteiger partial charge on any atom is 0.238 e. The lowest BCUT2D eigenvalue weighted by Gasteiger charge is -2.16. The van der Waals surface area contributed by atoms with E-state index in [1.54, 1.807) is 0 Å². The number of likely N-dealkylation sites (tertiary alicyclic amines) is 1. The van der Waals surface area contributed by atoms with Crippen LogP contribution >= 0.6 is 0 Å². The molecule has 1 amide bonds. The Morgan fingerprint density at radius 3 is 2.76 bits per heavy atom. The Morgan fingerprint density at radius 2 is 1.95 bits per heavy atom. The molecule has 1 aliphatic carbocycles. The number of hydrogen-bond donors (Lipinski definition) is 1. The molecule has 5 heteroatoms. The van der Waals surface area contributed by atoms with Crippen LogP contribution in [0.3, 0.4) is 0 Å². The molecular weight excluding hydrogens is 268 g/mol. The molecule has 2 unspecified atom stereocenters. The van der Waals surface area contributed by atoms with E-state index in [1.807, 2.05) is 18.2 Å². The summed E-state index contributed by atoms with van der Waals surface area (Å²) in [6, 6.07) is 5.50. The van der Waals surface area contributed by atoms with Crippen LogP contribution in [0.15, 0.2) is 18.2 Å². The van der Waals surface area contributed by atoms with Crippen molar-refractivity contribution in [3.05, 3.63) is 18.2 Å². The first-order valence-corrected chi connectivity index (χ1v) is 7.70. The molecule has 4 rings (SSSR count). The van der Waals surface area contributed by atoms with E-state index >= 15 is 0 Å². The number of carbonyl (C=O) groups excluding carboxylic acids is 1. The molecule has 1 saturated heterocycles. The van der Waals surface area contributed by atoms with Crippen LogP contribution in [0.2, 0.25) is 0 Å². The van der Waals surface area contributed by atoms with Gasteiger partial charge in [-0.25, -0.2) is 0 Å². The number of amides is 1. The van der Waals surface area contributed by atoms with Crippen LogP contribution in [0.1, 0.15) is 19.3 Å². The molecule has 1 saturated carbocycles. The Morgan fingerprint density at radius 1 is 1.19 bits per heavy atom. The third-order valence-corrected chi connectivity index (χ3v) is 4.83. The third-order valence-electron chi connectivity index (χ3n) is 4.83. The predicted molar refractivity (Wildman–Crippen MR) is 78.5 cm³/mol. The van der Waals surface area contributed by atoms with Gasteiger partial charge in [-0.05, 0) is 36.8 Å². The zero-order chi connectivity index (χ0) is 14.2. The van der Waals surface area contributed by atoms with E-state index in [1.165, 1.54) is 19.3 Å². The van der Waals surface area contributed by atoms with E-state index in [0.717, 1.165) is 36.4 Å². The third kappa shape index (κ3) is 2.58. The van der Waals surface area contributed by atoms with Crippen LogP contribution in [0.5, 0.6) is 11.5 Å². The van der Waals surface area contributed by atoms with Gasteiger partial charge in [0.1, 0.15) is 0 Å². The fraction of sp³-hybridized carbons (Fsp3) is 0.562. The van der Waals surface area contributed by atoms with Crippen molar-refractivity contribution in [2.24, 2.45) is 11.8 Å². The number of carbonyl (C=O) groups is 1. The minimum Gasteiger partial charge on any atom is -0.454 e. The number of hydrogen-bond acceptors (Lipinski definition) is 4. The number of anilines is 1. The van der Waals surface area contributed by atoms with Gasteiger partial charge in [-0.2, -0.15) is 0 Å². The normalized spacial score (nSPS) is 26.9. The second-order valence-electron chi connectivity index (χ2n) is 6.26. The highest BCUT2D eigenvalue weighted by Gasteiger charge is 2.36. The molecule has 1 aromatic rings. The second-order valence-corrected chi connectivity index (χ2v) is 6.26. The maximum absolute atomic E-state index is 12.2. The van der Waals surface area contributed by atoms with Gasteiger partial charge in [-0.15, -0.1) is 0 Å². The number of benzene rings is 1.